The molecule has 9 nitrogen and oxygen atoms in total. The lowest BCUT2D eigenvalue weighted by atomic mass is 10.2. The molecule has 180 valence electrons. The largest absolute Gasteiger partial charge is 0.490 e. The average Bonchev–Trinajstić information content (AvgIpc) is 3.30. The van der Waals surface area contributed by atoms with Crippen LogP contribution in [0, 0.1) is 0 Å². The molecule has 1 atom stereocenters. The van der Waals surface area contributed by atoms with Gasteiger partial charge in [-0.05, 0) is 25.8 Å². The Bertz CT molecular complexity index is 759. The van der Waals surface area contributed by atoms with Crippen LogP contribution < -0.4 is 4.90 Å². The Morgan fingerprint density at radius 3 is 2.59 bits per heavy atom. The first-order valence-electron chi connectivity index (χ1n) is 10.5. The van der Waals surface area contributed by atoms with Crippen molar-refractivity contribution in [2.45, 2.75) is 50.9 Å². The maximum Gasteiger partial charge on any atom is 0.490 e. The molecule has 0 aromatic carbocycles. The Balaban J connectivity index is 0.000000451. The number of nitrogens with zero attached hydrogens (tertiary/aromatic N) is 4. The van der Waals surface area contributed by atoms with E-state index in [1.165, 1.54) is 12.8 Å². The van der Waals surface area contributed by atoms with E-state index in [0.29, 0.717) is 25.6 Å². The van der Waals surface area contributed by atoms with E-state index in [4.69, 9.17) is 19.4 Å². The second-order valence-corrected chi connectivity index (χ2v) is 7.49. The van der Waals surface area contributed by atoms with Gasteiger partial charge < -0.3 is 24.4 Å². The van der Waals surface area contributed by atoms with Crippen molar-refractivity contribution in [1.82, 2.24) is 14.9 Å². The van der Waals surface area contributed by atoms with Crippen molar-refractivity contribution in [2.75, 3.05) is 44.9 Å². The molecule has 2 heterocycles. The van der Waals surface area contributed by atoms with E-state index >= 15 is 0 Å². The number of carbonyl (C=O) groups excluding carboxylic acids is 1. The molecule has 1 saturated carbocycles. The summed E-state index contributed by atoms with van der Waals surface area (Å²) < 4.78 is 43.1. The van der Waals surface area contributed by atoms with Crippen LogP contribution in [0.1, 0.15) is 44.5 Å². The number of carbonyl (C=O) groups is 2. The van der Waals surface area contributed by atoms with Crippen LogP contribution in [0.15, 0.2) is 12.3 Å². The standard InChI is InChI=1S/C18H28N4O3.C2HF3O2/c1-3-21(2)16-8-9-19-18(20-16)15-12-24-11-10-22(15)17(23)13-25-14-6-4-5-7-14;3-2(4,5)1(6)7/h8-9,14-15H,3-7,10-13H2,1-2H3;(H,6,7). The number of hydrogen-bond acceptors (Lipinski definition) is 7. The minimum Gasteiger partial charge on any atom is -0.475 e. The van der Waals surface area contributed by atoms with Crippen LogP contribution in [0.25, 0.3) is 0 Å². The Kier molecular flexibility index (Phi) is 9.63. The average molecular weight is 462 g/mol. The summed E-state index contributed by atoms with van der Waals surface area (Å²) in [6, 6.07) is 1.63. The molecule has 1 aliphatic carbocycles. The topological polar surface area (TPSA) is 105 Å². The number of hydrogen-bond donors (Lipinski definition) is 1. The Morgan fingerprint density at radius 2 is 2.00 bits per heavy atom. The Morgan fingerprint density at radius 1 is 1.34 bits per heavy atom. The van der Waals surface area contributed by atoms with E-state index in [0.717, 1.165) is 25.2 Å². The minimum absolute atomic E-state index is 0.00181. The molecule has 32 heavy (non-hydrogen) atoms. The van der Waals surface area contributed by atoms with E-state index < -0.39 is 12.1 Å². The number of anilines is 1. The van der Waals surface area contributed by atoms with Crippen LogP contribution >= 0.6 is 0 Å². The van der Waals surface area contributed by atoms with Crippen molar-refractivity contribution in [3.8, 4) is 0 Å². The third kappa shape index (κ3) is 7.59. The second kappa shape index (κ2) is 12.0. The zero-order valence-corrected chi connectivity index (χ0v) is 18.2. The lowest BCUT2D eigenvalue weighted by Gasteiger charge is -2.35. The Labute approximate surface area is 184 Å². The van der Waals surface area contributed by atoms with Gasteiger partial charge in [-0.1, -0.05) is 12.8 Å². The normalized spacial score (nSPS) is 19.3. The van der Waals surface area contributed by atoms with E-state index in [1.807, 2.05) is 22.9 Å². The monoisotopic (exact) mass is 462 g/mol. The molecule has 3 rings (SSSR count). The highest BCUT2D eigenvalue weighted by Crippen LogP contribution is 2.24. The number of aromatic nitrogens is 2. The molecule has 2 aliphatic rings. The van der Waals surface area contributed by atoms with Crippen LogP contribution in [0.2, 0.25) is 0 Å². The molecule has 0 radical (unpaired) electrons. The summed E-state index contributed by atoms with van der Waals surface area (Å²) in [6.45, 7) is 4.58. The zero-order valence-electron chi connectivity index (χ0n) is 18.2. The van der Waals surface area contributed by atoms with Crippen molar-refractivity contribution < 1.29 is 37.3 Å². The van der Waals surface area contributed by atoms with E-state index in [1.54, 1.807) is 6.20 Å². The first-order valence-corrected chi connectivity index (χ1v) is 10.5. The highest BCUT2D eigenvalue weighted by atomic mass is 19.4. The summed E-state index contributed by atoms with van der Waals surface area (Å²) in [4.78, 5) is 34.5. The van der Waals surface area contributed by atoms with Gasteiger partial charge in [0, 0.05) is 26.3 Å². The SMILES string of the molecule is CCN(C)c1ccnc(C2COCCN2C(=O)COC2CCCC2)n1.O=C(O)C(F)(F)F. The first-order chi connectivity index (χ1) is 15.1. The van der Waals surface area contributed by atoms with Gasteiger partial charge in [0.1, 0.15) is 18.5 Å². The molecule has 12 heteroatoms. The van der Waals surface area contributed by atoms with Crippen molar-refractivity contribution in [2.24, 2.45) is 0 Å². The lowest BCUT2D eigenvalue weighted by molar-refractivity contribution is -0.192. The predicted molar refractivity (Wildman–Crippen MR) is 108 cm³/mol. The zero-order chi connectivity index (χ0) is 23.7. The fourth-order valence-corrected chi connectivity index (χ4v) is 3.34. The number of carboxylic acid groups (broad SMARTS) is 1. The highest BCUT2D eigenvalue weighted by Gasteiger charge is 2.38. The third-order valence-corrected chi connectivity index (χ3v) is 5.26. The van der Waals surface area contributed by atoms with E-state index in [2.05, 4.69) is 16.9 Å². The summed E-state index contributed by atoms with van der Waals surface area (Å²) in [5.74, 6) is -1.27. The van der Waals surface area contributed by atoms with Gasteiger partial charge in [-0.2, -0.15) is 13.2 Å². The number of alkyl halides is 3. The number of halogens is 3. The molecule has 1 aliphatic heterocycles. The van der Waals surface area contributed by atoms with Gasteiger partial charge in [0.05, 0.1) is 19.3 Å². The molecular weight excluding hydrogens is 433 g/mol. The fraction of sp³-hybridized carbons (Fsp3) is 0.700. The van der Waals surface area contributed by atoms with Crippen molar-refractivity contribution in [3.05, 3.63) is 18.1 Å². The van der Waals surface area contributed by atoms with Gasteiger partial charge in [0.2, 0.25) is 5.91 Å². The summed E-state index contributed by atoms with van der Waals surface area (Å²) in [5, 5.41) is 7.12. The van der Waals surface area contributed by atoms with Crippen LogP contribution in [-0.2, 0) is 19.1 Å². The van der Waals surface area contributed by atoms with Gasteiger partial charge in [0.15, 0.2) is 5.82 Å². The fourth-order valence-electron chi connectivity index (χ4n) is 3.34. The maximum atomic E-state index is 12.7. The van der Waals surface area contributed by atoms with Gasteiger partial charge >= 0.3 is 12.1 Å². The van der Waals surface area contributed by atoms with Crippen molar-refractivity contribution in [3.63, 3.8) is 0 Å². The van der Waals surface area contributed by atoms with Gasteiger partial charge in [-0.25, -0.2) is 14.8 Å². The van der Waals surface area contributed by atoms with Crippen LogP contribution in [-0.4, -0.2) is 84.1 Å². The Hall–Kier alpha value is -2.47. The molecule has 1 saturated heterocycles. The molecule has 1 amide bonds. The maximum absolute atomic E-state index is 12.7. The lowest BCUT2D eigenvalue weighted by Crippen LogP contribution is -2.46. The number of rotatable bonds is 6. The van der Waals surface area contributed by atoms with Gasteiger partial charge in [0.25, 0.3) is 0 Å². The molecule has 1 unspecified atom stereocenters. The van der Waals surface area contributed by atoms with Crippen molar-refractivity contribution >= 4 is 17.7 Å². The van der Waals surface area contributed by atoms with Crippen LogP contribution in [0.4, 0.5) is 19.0 Å². The smallest absolute Gasteiger partial charge is 0.475 e. The summed E-state index contributed by atoms with van der Waals surface area (Å²) in [5.41, 5.74) is 0. The molecule has 1 N–H and O–H groups in total. The number of carboxylic acids is 1. The highest BCUT2D eigenvalue weighted by molar-refractivity contribution is 5.78. The van der Waals surface area contributed by atoms with Crippen LogP contribution in [0.5, 0.6) is 0 Å². The number of aliphatic carboxylic acids is 1. The van der Waals surface area contributed by atoms with E-state index in [9.17, 15) is 18.0 Å². The summed E-state index contributed by atoms with van der Waals surface area (Å²) in [7, 11) is 1.99. The van der Waals surface area contributed by atoms with E-state index in [-0.39, 0.29) is 24.7 Å². The number of ether oxygens (including phenoxy) is 2. The summed E-state index contributed by atoms with van der Waals surface area (Å²) in [6.07, 6.45) is 1.43. The summed E-state index contributed by atoms with van der Waals surface area (Å²) >= 11 is 0. The molecule has 1 aromatic rings. The first kappa shape index (κ1) is 25.8. The molecule has 1 aromatic heterocycles. The second-order valence-electron chi connectivity index (χ2n) is 7.49. The molecule has 2 fully saturated rings. The minimum atomic E-state index is -5.08. The predicted octanol–water partition coefficient (Wildman–Crippen LogP) is 2.43. The quantitative estimate of drug-likeness (QED) is 0.687. The van der Waals surface area contributed by atoms with Crippen LogP contribution in [0.3, 0.4) is 0 Å². The number of amides is 1. The van der Waals surface area contributed by atoms with Crippen molar-refractivity contribution in [1.29, 1.82) is 0 Å². The molecule has 0 bridgehead atoms. The van der Waals surface area contributed by atoms with Gasteiger partial charge in [-0.3, -0.25) is 4.79 Å². The third-order valence-electron chi connectivity index (χ3n) is 5.26. The molecular formula is C20H29F3N4O5. The van der Waals surface area contributed by atoms with Gasteiger partial charge in [-0.15, -0.1) is 0 Å². The number of morpholine rings is 1. The molecule has 0 spiro atoms.